The smallest absolute Gasteiger partial charge is 0.429 e. The molecular weight excluding hydrogens is 455 g/mol. The lowest BCUT2D eigenvalue weighted by Crippen LogP contribution is -2.27. The van der Waals surface area contributed by atoms with Gasteiger partial charge in [0.15, 0.2) is 5.16 Å². The number of sulfonamides is 1. The zero-order valence-electron chi connectivity index (χ0n) is 16.4. The number of hydrogen-bond donors (Lipinski definition) is 1. The molecule has 0 spiro atoms. The van der Waals surface area contributed by atoms with Crippen LogP contribution in [0.5, 0.6) is 5.88 Å². The fourth-order valence-corrected chi connectivity index (χ4v) is 3.99. The topological polar surface area (TPSA) is 107 Å². The number of nitrogens with one attached hydrogen (secondary N) is 1. The van der Waals surface area contributed by atoms with Crippen LogP contribution >= 0.6 is 11.8 Å². The standard InChI is InChI=1S/C18H18F3N5O3S2/c1-3-8-31(27,28)26-15-16(25-13-7-5-4-6-12(13)24-15)29-14(18(19,20)21)11-9-22-17(30-2)23-10-11/h4-7,9-10,14H,3,8H2,1-2H3,(H,24,26). The van der Waals surface area contributed by atoms with Crippen molar-refractivity contribution in [3.05, 3.63) is 42.2 Å². The van der Waals surface area contributed by atoms with E-state index in [0.717, 1.165) is 12.4 Å². The molecule has 0 amide bonds. The quantitative estimate of drug-likeness (QED) is 0.387. The number of halogens is 3. The van der Waals surface area contributed by atoms with Gasteiger partial charge in [-0.3, -0.25) is 4.72 Å². The highest BCUT2D eigenvalue weighted by Gasteiger charge is 2.44. The molecule has 1 atom stereocenters. The zero-order valence-corrected chi connectivity index (χ0v) is 18.1. The highest BCUT2D eigenvalue weighted by atomic mass is 32.2. The SMILES string of the molecule is CCCS(=O)(=O)Nc1nc2ccccc2nc1OC(c1cnc(SC)nc1)C(F)(F)F. The van der Waals surface area contributed by atoms with Crippen LogP contribution in [0.3, 0.4) is 0 Å². The van der Waals surface area contributed by atoms with Crippen LogP contribution in [-0.2, 0) is 10.0 Å². The summed E-state index contributed by atoms with van der Waals surface area (Å²) in [5.74, 6) is -1.27. The minimum absolute atomic E-state index is 0.242. The van der Waals surface area contributed by atoms with Gasteiger partial charge in [0, 0.05) is 18.0 Å². The van der Waals surface area contributed by atoms with Gasteiger partial charge >= 0.3 is 6.18 Å². The predicted octanol–water partition coefficient (Wildman–Crippen LogP) is 3.98. The molecule has 3 aromatic rings. The molecule has 0 aliphatic heterocycles. The van der Waals surface area contributed by atoms with E-state index in [0.29, 0.717) is 17.1 Å². The van der Waals surface area contributed by atoms with Gasteiger partial charge in [-0.1, -0.05) is 30.8 Å². The van der Waals surface area contributed by atoms with Gasteiger partial charge in [0.1, 0.15) is 0 Å². The van der Waals surface area contributed by atoms with Gasteiger partial charge in [0.25, 0.3) is 5.88 Å². The third-order valence-electron chi connectivity index (χ3n) is 3.92. The van der Waals surface area contributed by atoms with Crippen molar-refractivity contribution >= 4 is 38.6 Å². The maximum Gasteiger partial charge on any atom is 0.429 e. The van der Waals surface area contributed by atoms with E-state index in [-0.39, 0.29) is 16.8 Å². The number of nitrogens with zero attached hydrogens (tertiary/aromatic N) is 4. The Morgan fingerprint density at radius 1 is 1.13 bits per heavy atom. The van der Waals surface area contributed by atoms with Crippen molar-refractivity contribution in [2.75, 3.05) is 16.7 Å². The van der Waals surface area contributed by atoms with Gasteiger partial charge in [-0.25, -0.2) is 28.4 Å². The highest BCUT2D eigenvalue weighted by Crippen LogP contribution is 2.38. The molecule has 0 aliphatic carbocycles. The highest BCUT2D eigenvalue weighted by molar-refractivity contribution is 7.98. The molecule has 0 saturated carbocycles. The fourth-order valence-electron chi connectivity index (χ4n) is 2.60. The molecule has 166 valence electrons. The van der Waals surface area contributed by atoms with Crippen LogP contribution in [0.2, 0.25) is 0 Å². The number of anilines is 1. The van der Waals surface area contributed by atoms with Gasteiger partial charge in [0.2, 0.25) is 21.9 Å². The predicted molar refractivity (Wildman–Crippen MR) is 110 cm³/mol. The van der Waals surface area contributed by atoms with Gasteiger partial charge in [-0.15, -0.1) is 0 Å². The number of fused-ring (bicyclic) bond motifs is 1. The number of rotatable bonds is 8. The molecule has 2 aromatic heterocycles. The van der Waals surface area contributed by atoms with Crippen LogP contribution < -0.4 is 9.46 Å². The first-order chi connectivity index (χ1) is 14.6. The van der Waals surface area contributed by atoms with Crippen LogP contribution in [0.15, 0.2) is 41.8 Å². The Bertz CT molecular complexity index is 1160. The second-order valence-corrected chi connectivity index (χ2v) is 8.94. The number of benzene rings is 1. The number of ether oxygens (including phenoxy) is 1. The molecule has 31 heavy (non-hydrogen) atoms. The van der Waals surface area contributed by atoms with Crippen LogP contribution in [0.4, 0.5) is 19.0 Å². The first kappa shape index (κ1) is 23.0. The summed E-state index contributed by atoms with van der Waals surface area (Å²) < 4.78 is 73.2. The summed E-state index contributed by atoms with van der Waals surface area (Å²) in [6, 6.07) is 6.35. The third-order valence-corrected chi connectivity index (χ3v) is 5.95. The molecule has 1 aromatic carbocycles. The molecule has 0 fully saturated rings. The van der Waals surface area contributed by atoms with E-state index in [9.17, 15) is 21.6 Å². The molecule has 2 heterocycles. The first-order valence-corrected chi connectivity index (χ1v) is 11.9. The molecule has 0 saturated heterocycles. The van der Waals surface area contributed by atoms with Gasteiger partial charge in [-0.2, -0.15) is 13.2 Å². The Morgan fingerprint density at radius 2 is 1.74 bits per heavy atom. The van der Waals surface area contributed by atoms with Gasteiger partial charge in [0.05, 0.1) is 16.8 Å². The summed E-state index contributed by atoms with van der Waals surface area (Å²) in [7, 11) is -3.86. The zero-order chi connectivity index (χ0) is 22.6. The summed E-state index contributed by atoms with van der Waals surface area (Å²) in [4.78, 5) is 15.9. The molecule has 0 bridgehead atoms. The monoisotopic (exact) mass is 473 g/mol. The van der Waals surface area contributed by atoms with Gasteiger partial charge < -0.3 is 4.74 Å². The summed E-state index contributed by atoms with van der Waals surface area (Å²) in [5.41, 5.74) is 0.175. The van der Waals surface area contributed by atoms with Crippen LogP contribution in [0.25, 0.3) is 11.0 Å². The Kier molecular flexibility index (Phi) is 6.84. The van der Waals surface area contributed by atoms with Crippen molar-refractivity contribution in [2.24, 2.45) is 0 Å². The maximum atomic E-state index is 13.8. The van der Waals surface area contributed by atoms with E-state index >= 15 is 0 Å². The van der Waals surface area contributed by atoms with E-state index in [2.05, 4.69) is 24.7 Å². The lowest BCUT2D eigenvalue weighted by molar-refractivity contribution is -0.198. The number of para-hydroxylation sites is 2. The molecule has 0 radical (unpaired) electrons. The molecule has 1 N–H and O–H groups in total. The van der Waals surface area contributed by atoms with E-state index in [1.165, 1.54) is 17.8 Å². The normalized spacial score (nSPS) is 13.2. The Morgan fingerprint density at radius 3 is 2.29 bits per heavy atom. The summed E-state index contributed by atoms with van der Waals surface area (Å²) >= 11 is 1.17. The largest absolute Gasteiger partial charge is 0.457 e. The molecule has 1 unspecified atom stereocenters. The van der Waals surface area contributed by atoms with Crippen molar-refractivity contribution in [3.63, 3.8) is 0 Å². The summed E-state index contributed by atoms with van der Waals surface area (Å²) in [6.45, 7) is 1.65. The van der Waals surface area contributed by atoms with Crippen molar-refractivity contribution < 1.29 is 26.3 Å². The lowest BCUT2D eigenvalue weighted by atomic mass is 10.2. The molecular formula is C18H18F3N5O3S2. The Balaban J connectivity index is 2.07. The van der Waals surface area contributed by atoms with E-state index in [1.807, 2.05) is 0 Å². The number of hydrogen-bond acceptors (Lipinski definition) is 8. The Hall–Kier alpha value is -2.67. The minimum Gasteiger partial charge on any atom is -0.457 e. The van der Waals surface area contributed by atoms with E-state index in [4.69, 9.17) is 4.74 Å². The van der Waals surface area contributed by atoms with Crippen molar-refractivity contribution in [3.8, 4) is 5.88 Å². The van der Waals surface area contributed by atoms with Gasteiger partial charge in [-0.05, 0) is 24.8 Å². The maximum absolute atomic E-state index is 13.8. The van der Waals surface area contributed by atoms with Crippen molar-refractivity contribution in [1.82, 2.24) is 19.9 Å². The van der Waals surface area contributed by atoms with Crippen molar-refractivity contribution in [2.45, 2.75) is 30.8 Å². The average molecular weight is 474 g/mol. The summed E-state index contributed by atoms with van der Waals surface area (Å²) in [5, 5.41) is 0.295. The second-order valence-electron chi connectivity index (χ2n) is 6.33. The lowest BCUT2D eigenvalue weighted by Gasteiger charge is -2.22. The van der Waals surface area contributed by atoms with Crippen molar-refractivity contribution in [1.29, 1.82) is 0 Å². The number of alkyl halides is 3. The van der Waals surface area contributed by atoms with Crippen LogP contribution in [-0.4, -0.2) is 46.5 Å². The molecule has 8 nitrogen and oxygen atoms in total. The molecule has 13 heteroatoms. The third kappa shape index (κ3) is 5.73. The van der Waals surface area contributed by atoms with E-state index in [1.54, 1.807) is 31.4 Å². The van der Waals surface area contributed by atoms with E-state index < -0.39 is 34.0 Å². The summed E-state index contributed by atoms with van der Waals surface area (Å²) in [6.07, 6.45) is -3.33. The first-order valence-electron chi connectivity index (χ1n) is 8.99. The van der Waals surface area contributed by atoms with Crippen LogP contribution in [0.1, 0.15) is 25.0 Å². The Labute approximate surface area is 180 Å². The van der Waals surface area contributed by atoms with Crippen LogP contribution in [0, 0.1) is 0 Å². The average Bonchev–Trinajstić information content (AvgIpc) is 2.71. The fraction of sp³-hybridized carbons (Fsp3) is 0.333. The number of aromatic nitrogens is 4. The molecule has 0 aliphatic rings. The molecule has 3 rings (SSSR count). The second kappa shape index (κ2) is 9.22. The minimum atomic E-state index is -4.85. The number of thioether (sulfide) groups is 1.